The first-order chi connectivity index (χ1) is 5.13. The van der Waals surface area contributed by atoms with Gasteiger partial charge in [0.15, 0.2) is 12.3 Å². The van der Waals surface area contributed by atoms with Crippen molar-refractivity contribution in [1.29, 1.82) is 0 Å². The monoisotopic (exact) mass is 154 g/mol. The normalized spacial score (nSPS) is 11.5. The molecule has 0 aliphatic carbocycles. The van der Waals surface area contributed by atoms with E-state index in [4.69, 9.17) is 4.42 Å². The van der Waals surface area contributed by atoms with E-state index in [0.717, 1.165) is 5.89 Å². The second kappa shape index (κ2) is 3.07. The fourth-order valence-electron chi connectivity index (χ4n) is 1.16. The van der Waals surface area contributed by atoms with Crippen molar-refractivity contribution in [2.45, 2.75) is 39.7 Å². The van der Waals surface area contributed by atoms with Gasteiger partial charge >= 0.3 is 5.89 Å². The Morgan fingerprint density at radius 1 is 1.27 bits per heavy atom. The topological polar surface area (TPSA) is 17.0 Å². The van der Waals surface area contributed by atoms with Gasteiger partial charge in [0.05, 0.1) is 5.92 Å². The summed E-state index contributed by atoms with van der Waals surface area (Å²) < 4.78 is 7.51. The highest BCUT2D eigenvalue weighted by atomic mass is 16.3. The molecule has 0 radical (unpaired) electrons. The van der Waals surface area contributed by atoms with Gasteiger partial charge in [0, 0.05) is 0 Å². The van der Waals surface area contributed by atoms with Crippen molar-refractivity contribution in [2.75, 3.05) is 0 Å². The van der Waals surface area contributed by atoms with Gasteiger partial charge in [0.25, 0.3) is 0 Å². The van der Waals surface area contributed by atoms with E-state index in [1.54, 1.807) is 6.26 Å². The molecule has 2 nitrogen and oxygen atoms in total. The number of aromatic nitrogens is 1. The van der Waals surface area contributed by atoms with Crippen LogP contribution in [0.4, 0.5) is 0 Å². The van der Waals surface area contributed by atoms with Crippen LogP contribution >= 0.6 is 0 Å². The highest BCUT2D eigenvalue weighted by Crippen LogP contribution is 2.10. The minimum atomic E-state index is 0.465. The van der Waals surface area contributed by atoms with Crippen molar-refractivity contribution in [2.24, 2.45) is 0 Å². The second-order valence-corrected chi connectivity index (χ2v) is 3.40. The van der Waals surface area contributed by atoms with Gasteiger partial charge in [-0.2, -0.15) is 4.57 Å². The van der Waals surface area contributed by atoms with Crippen LogP contribution < -0.4 is 4.57 Å². The molecule has 0 fully saturated rings. The molecule has 0 N–H and O–H groups in total. The molecule has 0 saturated carbocycles. The third kappa shape index (κ3) is 1.62. The summed E-state index contributed by atoms with van der Waals surface area (Å²) in [7, 11) is 0. The van der Waals surface area contributed by atoms with E-state index in [9.17, 15) is 0 Å². The predicted octanol–water partition coefficient (Wildman–Crippen LogP) is 2.27. The largest absolute Gasteiger partial charge is 0.410 e. The second-order valence-electron chi connectivity index (χ2n) is 3.40. The van der Waals surface area contributed by atoms with Crippen LogP contribution in [0.1, 0.15) is 45.5 Å². The van der Waals surface area contributed by atoms with E-state index in [2.05, 4.69) is 32.3 Å². The molecule has 0 aromatic carbocycles. The first-order valence-electron chi connectivity index (χ1n) is 4.11. The van der Waals surface area contributed by atoms with Gasteiger partial charge in [-0.15, -0.1) is 0 Å². The molecule has 2 heteroatoms. The number of nitrogens with zero attached hydrogens (tertiary/aromatic N) is 1. The fraction of sp³-hybridized carbons (Fsp3) is 0.667. The average Bonchev–Trinajstić information content (AvgIpc) is 2.32. The molecule has 1 aromatic rings. The summed E-state index contributed by atoms with van der Waals surface area (Å²) in [6.07, 6.45) is 3.73. The quantitative estimate of drug-likeness (QED) is 0.597. The molecule has 0 saturated heterocycles. The minimum Gasteiger partial charge on any atom is -0.410 e. The molecule has 0 aliphatic heterocycles. The van der Waals surface area contributed by atoms with E-state index < -0.39 is 0 Å². The van der Waals surface area contributed by atoms with Crippen LogP contribution in [0.2, 0.25) is 0 Å². The van der Waals surface area contributed by atoms with Gasteiger partial charge in [0.1, 0.15) is 0 Å². The van der Waals surface area contributed by atoms with Crippen LogP contribution in [-0.4, -0.2) is 0 Å². The Labute approximate surface area is 67.8 Å². The van der Waals surface area contributed by atoms with Gasteiger partial charge in [-0.25, -0.2) is 0 Å². The first kappa shape index (κ1) is 8.31. The Hall–Kier alpha value is -0.790. The molecule has 11 heavy (non-hydrogen) atoms. The number of rotatable bonds is 2. The Balaban J connectivity index is 2.96. The molecular weight excluding hydrogens is 138 g/mol. The van der Waals surface area contributed by atoms with Crippen LogP contribution in [0.25, 0.3) is 0 Å². The van der Waals surface area contributed by atoms with Crippen molar-refractivity contribution in [3.05, 3.63) is 18.4 Å². The zero-order valence-electron chi connectivity index (χ0n) is 7.66. The molecule has 0 unspecified atom stereocenters. The Morgan fingerprint density at radius 3 is 2.27 bits per heavy atom. The highest BCUT2D eigenvalue weighted by molar-refractivity contribution is 4.77. The lowest BCUT2D eigenvalue weighted by Gasteiger charge is -2.00. The van der Waals surface area contributed by atoms with Gasteiger partial charge in [-0.1, -0.05) is 0 Å². The first-order valence-corrected chi connectivity index (χ1v) is 4.11. The van der Waals surface area contributed by atoms with Crippen molar-refractivity contribution in [1.82, 2.24) is 0 Å². The van der Waals surface area contributed by atoms with Gasteiger partial charge in [-0.3, -0.25) is 0 Å². The smallest absolute Gasteiger partial charge is 0.349 e. The Morgan fingerprint density at radius 2 is 1.91 bits per heavy atom. The summed E-state index contributed by atoms with van der Waals surface area (Å²) in [6, 6.07) is 0.492. The number of oxazole rings is 1. The Kier molecular flexibility index (Phi) is 2.32. The number of hydrogen-bond acceptors (Lipinski definition) is 1. The van der Waals surface area contributed by atoms with Crippen molar-refractivity contribution >= 4 is 0 Å². The summed E-state index contributed by atoms with van der Waals surface area (Å²) in [6.45, 7) is 8.58. The molecule has 0 amide bonds. The lowest BCUT2D eigenvalue weighted by molar-refractivity contribution is -0.727. The molecule has 0 aliphatic rings. The maximum Gasteiger partial charge on any atom is 0.349 e. The lowest BCUT2D eigenvalue weighted by Crippen LogP contribution is -2.38. The van der Waals surface area contributed by atoms with Gasteiger partial charge < -0.3 is 4.42 Å². The van der Waals surface area contributed by atoms with Crippen molar-refractivity contribution in [3.8, 4) is 0 Å². The Bertz CT molecular complexity index is 203. The van der Waals surface area contributed by atoms with Crippen LogP contribution in [0.3, 0.4) is 0 Å². The van der Waals surface area contributed by atoms with E-state index in [1.165, 1.54) is 0 Å². The third-order valence-electron chi connectivity index (χ3n) is 1.71. The maximum absolute atomic E-state index is 5.35. The molecule has 1 rings (SSSR count). The summed E-state index contributed by atoms with van der Waals surface area (Å²) >= 11 is 0. The fourth-order valence-corrected chi connectivity index (χ4v) is 1.16. The molecule has 1 heterocycles. The minimum absolute atomic E-state index is 0.465. The molecule has 0 spiro atoms. The van der Waals surface area contributed by atoms with E-state index >= 15 is 0 Å². The summed E-state index contributed by atoms with van der Waals surface area (Å²) in [5, 5.41) is 0. The lowest BCUT2D eigenvalue weighted by atomic mass is 10.2. The molecular formula is C9H16NO+. The summed E-state index contributed by atoms with van der Waals surface area (Å²) in [5.41, 5.74) is 0. The highest BCUT2D eigenvalue weighted by Gasteiger charge is 2.20. The SMILES string of the molecule is CC(C)c1occ[n+]1C(C)C. The molecule has 1 aromatic heterocycles. The predicted molar refractivity (Wildman–Crippen MR) is 43.4 cm³/mol. The summed E-state index contributed by atoms with van der Waals surface area (Å²) in [4.78, 5) is 0. The van der Waals surface area contributed by atoms with Gasteiger partial charge in [0.2, 0.25) is 6.20 Å². The third-order valence-corrected chi connectivity index (χ3v) is 1.71. The number of hydrogen-bond donors (Lipinski definition) is 0. The summed E-state index contributed by atoms with van der Waals surface area (Å²) in [5.74, 6) is 1.52. The van der Waals surface area contributed by atoms with Crippen LogP contribution in [0, 0.1) is 0 Å². The average molecular weight is 154 g/mol. The zero-order chi connectivity index (χ0) is 8.43. The van der Waals surface area contributed by atoms with Crippen molar-refractivity contribution < 1.29 is 8.98 Å². The van der Waals surface area contributed by atoms with Crippen LogP contribution in [0.5, 0.6) is 0 Å². The molecule has 62 valence electrons. The van der Waals surface area contributed by atoms with Crippen LogP contribution in [0.15, 0.2) is 16.9 Å². The van der Waals surface area contributed by atoms with E-state index in [1.807, 2.05) is 6.20 Å². The van der Waals surface area contributed by atoms with Crippen LogP contribution in [-0.2, 0) is 0 Å². The standard InChI is InChI=1S/C9H16NO/c1-7(2)9-10(8(3)4)5-6-11-9/h5-8H,1-4H3/q+1. The zero-order valence-corrected chi connectivity index (χ0v) is 7.66. The molecule has 0 bridgehead atoms. The van der Waals surface area contributed by atoms with E-state index in [0.29, 0.717) is 12.0 Å². The van der Waals surface area contributed by atoms with Crippen molar-refractivity contribution in [3.63, 3.8) is 0 Å². The van der Waals surface area contributed by atoms with E-state index in [-0.39, 0.29) is 0 Å². The maximum atomic E-state index is 5.35. The van der Waals surface area contributed by atoms with Gasteiger partial charge in [-0.05, 0) is 27.7 Å². The molecule has 0 atom stereocenters.